The van der Waals surface area contributed by atoms with Crippen molar-refractivity contribution < 1.29 is 9.26 Å². The number of ether oxygens (including phenoxy) is 1. The van der Waals surface area contributed by atoms with Crippen LogP contribution in [0.2, 0.25) is 0 Å². The van der Waals surface area contributed by atoms with Gasteiger partial charge in [0.15, 0.2) is 11.8 Å². The standard InChI is InChI=1S/C23H28N6O2.HI/c1-3-24-23(29-15-12-18(16-29)17-7-9-19(30-2)10-8-17)26-14-11-21-27-22(31-28-21)20-6-4-5-13-25-20;/h4-10,13,18H,3,11-12,14-16H2,1-2H3,(H,24,26);1H. The molecule has 1 aliphatic heterocycles. The van der Waals surface area contributed by atoms with Crippen molar-refractivity contribution in [3.05, 3.63) is 60.0 Å². The molecule has 1 saturated heterocycles. The number of rotatable bonds is 7. The summed E-state index contributed by atoms with van der Waals surface area (Å²) in [6, 6.07) is 14.0. The Morgan fingerprint density at radius 3 is 2.81 bits per heavy atom. The molecule has 1 fully saturated rings. The summed E-state index contributed by atoms with van der Waals surface area (Å²) in [5.74, 6) is 3.40. The van der Waals surface area contributed by atoms with E-state index in [-0.39, 0.29) is 24.0 Å². The summed E-state index contributed by atoms with van der Waals surface area (Å²) >= 11 is 0. The lowest BCUT2D eigenvalue weighted by atomic mass is 9.98. The van der Waals surface area contributed by atoms with Crippen LogP contribution < -0.4 is 10.1 Å². The number of methoxy groups -OCH3 is 1. The van der Waals surface area contributed by atoms with E-state index in [0.29, 0.717) is 36.3 Å². The first kappa shape index (κ1) is 24.0. The van der Waals surface area contributed by atoms with Gasteiger partial charge in [0.25, 0.3) is 5.89 Å². The predicted molar refractivity (Wildman–Crippen MR) is 135 cm³/mol. The number of halogens is 1. The third-order valence-electron chi connectivity index (χ3n) is 5.36. The maximum absolute atomic E-state index is 5.33. The van der Waals surface area contributed by atoms with E-state index in [1.165, 1.54) is 5.56 Å². The molecule has 0 spiro atoms. The van der Waals surface area contributed by atoms with Gasteiger partial charge >= 0.3 is 0 Å². The second-order valence-electron chi connectivity index (χ2n) is 7.42. The Bertz CT molecular complexity index is 993. The van der Waals surface area contributed by atoms with Crippen LogP contribution >= 0.6 is 24.0 Å². The van der Waals surface area contributed by atoms with Crippen LogP contribution in [0.5, 0.6) is 5.75 Å². The third-order valence-corrected chi connectivity index (χ3v) is 5.36. The number of aromatic nitrogens is 3. The highest BCUT2D eigenvalue weighted by Gasteiger charge is 2.26. The van der Waals surface area contributed by atoms with E-state index in [4.69, 9.17) is 14.3 Å². The van der Waals surface area contributed by atoms with Crippen LogP contribution in [0.3, 0.4) is 0 Å². The van der Waals surface area contributed by atoms with Crippen LogP contribution in [0.1, 0.15) is 30.7 Å². The summed E-state index contributed by atoms with van der Waals surface area (Å²) in [5, 5.41) is 7.47. The second-order valence-corrected chi connectivity index (χ2v) is 7.42. The minimum atomic E-state index is 0. The van der Waals surface area contributed by atoms with Gasteiger partial charge in [0.1, 0.15) is 11.4 Å². The van der Waals surface area contributed by atoms with E-state index in [0.717, 1.165) is 37.8 Å². The van der Waals surface area contributed by atoms with Crippen molar-refractivity contribution in [1.29, 1.82) is 0 Å². The molecule has 1 aliphatic rings. The first-order valence-electron chi connectivity index (χ1n) is 10.7. The molecule has 0 radical (unpaired) electrons. The Hall–Kier alpha value is -2.69. The number of nitrogens with one attached hydrogen (secondary N) is 1. The average molecular weight is 548 g/mol. The highest BCUT2D eigenvalue weighted by Crippen LogP contribution is 2.28. The Kier molecular flexibility index (Phi) is 8.83. The van der Waals surface area contributed by atoms with E-state index in [1.54, 1.807) is 13.3 Å². The van der Waals surface area contributed by atoms with Gasteiger partial charge in [0.05, 0.1) is 7.11 Å². The number of nitrogens with zero attached hydrogens (tertiary/aromatic N) is 5. The van der Waals surface area contributed by atoms with Crippen LogP contribution in [0.4, 0.5) is 0 Å². The van der Waals surface area contributed by atoms with Crippen molar-refractivity contribution >= 4 is 29.9 Å². The zero-order chi connectivity index (χ0) is 21.5. The molecule has 0 aliphatic carbocycles. The van der Waals surface area contributed by atoms with Gasteiger partial charge in [-0.2, -0.15) is 4.98 Å². The smallest absolute Gasteiger partial charge is 0.276 e. The molecule has 1 aromatic carbocycles. The first-order valence-corrected chi connectivity index (χ1v) is 10.7. The minimum absolute atomic E-state index is 0. The highest BCUT2D eigenvalue weighted by atomic mass is 127. The monoisotopic (exact) mass is 548 g/mol. The summed E-state index contributed by atoms with van der Waals surface area (Å²) in [6.45, 7) is 5.44. The van der Waals surface area contributed by atoms with Crippen LogP contribution in [0, 0.1) is 0 Å². The fraction of sp³-hybridized carbons (Fsp3) is 0.391. The molecule has 4 rings (SSSR count). The Morgan fingerprint density at radius 1 is 1.25 bits per heavy atom. The average Bonchev–Trinajstić information content (AvgIpc) is 3.49. The molecule has 0 amide bonds. The van der Waals surface area contributed by atoms with Crippen LogP contribution in [-0.4, -0.2) is 59.3 Å². The van der Waals surface area contributed by atoms with Crippen molar-refractivity contribution in [2.45, 2.75) is 25.7 Å². The molecule has 32 heavy (non-hydrogen) atoms. The molecular weight excluding hydrogens is 519 g/mol. The minimum Gasteiger partial charge on any atom is -0.497 e. The fourth-order valence-corrected chi connectivity index (χ4v) is 3.74. The Morgan fingerprint density at radius 2 is 2.09 bits per heavy atom. The molecule has 170 valence electrons. The Balaban J connectivity index is 0.00000289. The zero-order valence-electron chi connectivity index (χ0n) is 18.4. The SMILES string of the molecule is CCNC(=NCCc1noc(-c2ccccn2)n1)N1CCC(c2ccc(OC)cc2)C1.I. The Labute approximate surface area is 205 Å². The summed E-state index contributed by atoms with van der Waals surface area (Å²) in [7, 11) is 1.69. The van der Waals surface area contributed by atoms with Gasteiger partial charge in [-0.1, -0.05) is 23.4 Å². The van der Waals surface area contributed by atoms with Gasteiger partial charge in [-0.3, -0.25) is 9.98 Å². The molecule has 1 atom stereocenters. The molecule has 1 unspecified atom stereocenters. The van der Waals surface area contributed by atoms with Gasteiger partial charge in [0, 0.05) is 44.7 Å². The van der Waals surface area contributed by atoms with E-state index in [1.807, 2.05) is 30.3 Å². The lowest BCUT2D eigenvalue weighted by molar-refractivity contribution is 0.414. The number of pyridine rings is 1. The molecular formula is C23H29IN6O2. The van der Waals surface area contributed by atoms with Gasteiger partial charge < -0.3 is 19.5 Å². The molecule has 1 N–H and O–H groups in total. The normalized spacial score (nSPS) is 16.0. The molecule has 2 aromatic heterocycles. The van der Waals surface area contributed by atoms with E-state index < -0.39 is 0 Å². The number of likely N-dealkylation sites (tertiary alicyclic amines) is 1. The highest BCUT2D eigenvalue weighted by molar-refractivity contribution is 14.0. The van der Waals surface area contributed by atoms with E-state index >= 15 is 0 Å². The van der Waals surface area contributed by atoms with Gasteiger partial charge in [-0.05, 0) is 43.2 Å². The molecule has 9 heteroatoms. The number of hydrogen-bond donors (Lipinski definition) is 1. The van der Waals surface area contributed by atoms with Crippen molar-refractivity contribution in [3.8, 4) is 17.3 Å². The van der Waals surface area contributed by atoms with Crippen molar-refractivity contribution in [3.63, 3.8) is 0 Å². The second kappa shape index (κ2) is 11.8. The molecule has 0 bridgehead atoms. The summed E-state index contributed by atoms with van der Waals surface area (Å²) < 4.78 is 10.6. The van der Waals surface area contributed by atoms with Gasteiger partial charge in [-0.15, -0.1) is 24.0 Å². The van der Waals surface area contributed by atoms with Gasteiger partial charge in [-0.25, -0.2) is 0 Å². The number of aliphatic imine (C=N–C) groups is 1. The van der Waals surface area contributed by atoms with Crippen LogP contribution in [-0.2, 0) is 6.42 Å². The maximum Gasteiger partial charge on any atom is 0.276 e. The molecule has 3 aromatic rings. The van der Waals surface area contributed by atoms with Crippen LogP contribution in [0.25, 0.3) is 11.6 Å². The van der Waals surface area contributed by atoms with Crippen LogP contribution in [0.15, 0.2) is 58.2 Å². The maximum atomic E-state index is 5.33. The quantitative estimate of drug-likeness (QED) is 0.273. The van der Waals surface area contributed by atoms with Crippen molar-refractivity contribution in [2.75, 3.05) is 33.3 Å². The lowest BCUT2D eigenvalue weighted by Gasteiger charge is -2.21. The van der Waals surface area contributed by atoms with Gasteiger partial charge in [0.2, 0.25) is 0 Å². The summed E-state index contributed by atoms with van der Waals surface area (Å²) in [4.78, 5) is 15.8. The molecule has 0 saturated carbocycles. The van der Waals surface area contributed by atoms with E-state index in [2.05, 4.69) is 44.4 Å². The summed E-state index contributed by atoms with van der Waals surface area (Å²) in [6.07, 6.45) is 3.43. The number of benzene rings is 1. The number of hydrogen-bond acceptors (Lipinski definition) is 6. The third kappa shape index (κ3) is 5.96. The fourth-order valence-electron chi connectivity index (χ4n) is 3.74. The first-order chi connectivity index (χ1) is 15.3. The number of guanidine groups is 1. The van der Waals surface area contributed by atoms with Crippen molar-refractivity contribution in [2.24, 2.45) is 4.99 Å². The zero-order valence-corrected chi connectivity index (χ0v) is 20.7. The molecule has 3 heterocycles. The summed E-state index contributed by atoms with van der Waals surface area (Å²) in [5.41, 5.74) is 2.02. The topological polar surface area (TPSA) is 88.7 Å². The lowest BCUT2D eigenvalue weighted by Crippen LogP contribution is -2.40. The van der Waals surface area contributed by atoms with Crippen molar-refractivity contribution in [1.82, 2.24) is 25.3 Å². The largest absolute Gasteiger partial charge is 0.497 e. The van der Waals surface area contributed by atoms with E-state index in [9.17, 15) is 0 Å². The molecule has 8 nitrogen and oxygen atoms in total. The predicted octanol–water partition coefficient (Wildman–Crippen LogP) is 3.76.